The van der Waals surface area contributed by atoms with E-state index in [1.165, 1.54) is 42.5 Å². The minimum Gasteiger partial charge on any atom is -0.206 e. The van der Waals surface area contributed by atoms with Gasteiger partial charge in [-0.2, -0.15) is 13.2 Å². The summed E-state index contributed by atoms with van der Waals surface area (Å²) in [4.78, 5) is 0. The average molecular weight is 465 g/mol. The molecule has 0 amide bonds. The van der Waals surface area contributed by atoms with Crippen LogP contribution in [0.1, 0.15) is 48.4 Å². The number of hydrogen-bond acceptors (Lipinski definition) is 0. The standard InChI is InChI=1S/C30H28F4/c1-2-3-4-5-21-6-8-22(9-7-21)10-11-23-12-18-28-25(20-23)15-19-27(29(28)31)24-13-16-26(17-14-24)30(32,33)34/h6-9,12-20H,2-5,10-11H2,1H3. The lowest BCUT2D eigenvalue weighted by atomic mass is 9.96. The lowest BCUT2D eigenvalue weighted by Crippen LogP contribution is -2.04. The van der Waals surface area contributed by atoms with Gasteiger partial charge in [0.05, 0.1) is 5.56 Å². The molecular weight excluding hydrogens is 436 g/mol. The van der Waals surface area contributed by atoms with Crippen LogP contribution in [0.5, 0.6) is 0 Å². The maximum atomic E-state index is 15.2. The second-order valence-electron chi connectivity index (χ2n) is 8.83. The van der Waals surface area contributed by atoms with Gasteiger partial charge in [-0.3, -0.25) is 0 Å². The molecule has 4 rings (SSSR count). The molecule has 0 atom stereocenters. The number of alkyl halides is 3. The third kappa shape index (κ3) is 5.67. The molecule has 4 aromatic rings. The Balaban J connectivity index is 1.46. The summed E-state index contributed by atoms with van der Waals surface area (Å²) in [7, 11) is 0. The topological polar surface area (TPSA) is 0 Å². The zero-order valence-corrected chi connectivity index (χ0v) is 19.3. The van der Waals surface area contributed by atoms with E-state index >= 15 is 4.39 Å². The van der Waals surface area contributed by atoms with Gasteiger partial charge in [-0.15, -0.1) is 0 Å². The van der Waals surface area contributed by atoms with Crippen LogP contribution in [0, 0.1) is 5.82 Å². The largest absolute Gasteiger partial charge is 0.416 e. The van der Waals surface area contributed by atoms with Crippen LogP contribution in [-0.4, -0.2) is 0 Å². The molecule has 0 heterocycles. The Kier molecular flexibility index (Phi) is 7.35. The summed E-state index contributed by atoms with van der Waals surface area (Å²) >= 11 is 0. The van der Waals surface area contributed by atoms with Crippen LogP contribution in [0.3, 0.4) is 0 Å². The van der Waals surface area contributed by atoms with Gasteiger partial charge in [0, 0.05) is 10.9 Å². The maximum Gasteiger partial charge on any atom is 0.416 e. The lowest BCUT2D eigenvalue weighted by molar-refractivity contribution is -0.137. The van der Waals surface area contributed by atoms with Gasteiger partial charge >= 0.3 is 6.18 Å². The molecule has 176 valence electrons. The van der Waals surface area contributed by atoms with Gasteiger partial charge in [0.25, 0.3) is 0 Å². The SMILES string of the molecule is CCCCCc1ccc(CCc2ccc3c(F)c(-c4ccc(C(F)(F)F)cc4)ccc3c2)cc1. The number of fused-ring (bicyclic) bond motifs is 1. The molecule has 0 saturated carbocycles. The number of aryl methyl sites for hydroxylation is 3. The Morgan fingerprint density at radius 2 is 1.26 bits per heavy atom. The van der Waals surface area contributed by atoms with Crippen LogP contribution in [-0.2, 0) is 25.4 Å². The molecule has 0 aliphatic heterocycles. The minimum absolute atomic E-state index is 0.299. The van der Waals surface area contributed by atoms with Crippen molar-refractivity contribution in [1.29, 1.82) is 0 Å². The highest BCUT2D eigenvalue weighted by molar-refractivity contribution is 5.88. The summed E-state index contributed by atoms with van der Waals surface area (Å²) in [6.45, 7) is 2.21. The van der Waals surface area contributed by atoms with E-state index in [-0.39, 0.29) is 0 Å². The Morgan fingerprint density at radius 3 is 1.91 bits per heavy atom. The fraction of sp³-hybridized carbons (Fsp3) is 0.267. The summed E-state index contributed by atoms with van der Waals surface area (Å²) < 4.78 is 53.7. The molecule has 4 heteroatoms. The van der Waals surface area contributed by atoms with Gasteiger partial charge in [-0.25, -0.2) is 4.39 Å². The van der Waals surface area contributed by atoms with E-state index in [0.29, 0.717) is 16.5 Å². The third-order valence-electron chi connectivity index (χ3n) is 6.34. The number of halogens is 4. The van der Waals surface area contributed by atoms with E-state index in [2.05, 4.69) is 31.2 Å². The molecule has 0 aliphatic rings. The highest BCUT2D eigenvalue weighted by Gasteiger charge is 2.30. The van der Waals surface area contributed by atoms with Crippen LogP contribution in [0.15, 0.2) is 78.9 Å². The van der Waals surface area contributed by atoms with Crippen LogP contribution < -0.4 is 0 Å². The first-order valence-electron chi connectivity index (χ1n) is 11.8. The summed E-state index contributed by atoms with van der Waals surface area (Å²) in [5.41, 5.74) is 3.77. The number of hydrogen-bond donors (Lipinski definition) is 0. The van der Waals surface area contributed by atoms with Gasteiger partial charge < -0.3 is 0 Å². The molecule has 0 aliphatic carbocycles. The van der Waals surface area contributed by atoms with E-state index in [9.17, 15) is 13.2 Å². The van der Waals surface area contributed by atoms with Crippen LogP contribution >= 0.6 is 0 Å². The fourth-order valence-corrected chi connectivity index (χ4v) is 4.30. The predicted molar refractivity (Wildman–Crippen MR) is 131 cm³/mol. The first-order chi connectivity index (χ1) is 16.3. The molecule has 0 fully saturated rings. The Morgan fingerprint density at radius 1 is 0.647 bits per heavy atom. The molecule has 0 aromatic heterocycles. The van der Waals surface area contributed by atoms with Crippen molar-refractivity contribution < 1.29 is 17.6 Å². The van der Waals surface area contributed by atoms with E-state index < -0.39 is 17.6 Å². The van der Waals surface area contributed by atoms with Crippen molar-refractivity contribution in [3.05, 3.63) is 107 Å². The lowest BCUT2D eigenvalue weighted by Gasteiger charge is -2.11. The molecule has 0 spiro atoms. The molecule has 0 N–H and O–H groups in total. The van der Waals surface area contributed by atoms with Crippen LogP contribution in [0.25, 0.3) is 21.9 Å². The predicted octanol–water partition coefficient (Wildman–Crippen LogP) is 9.18. The zero-order chi connectivity index (χ0) is 24.1. The smallest absolute Gasteiger partial charge is 0.206 e. The van der Waals surface area contributed by atoms with E-state index in [1.54, 1.807) is 12.1 Å². The zero-order valence-electron chi connectivity index (χ0n) is 19.3. The minimum atomic E-state index is -4.41. The molecule has 0 saturated heterocycles. The van der Waals surface area contributed by atoms with Gasteiger partial charge in [0.2, 0.25) is 0 Å². The van der Waals surface area contributed by atoms with Crippen molar-refractivity contribution in [1.82, 2.24) is 0 Å². The molecule has 34 heavy (non-hydrogen) atoms. The molecule has 0 bridgehead atoms. The van der Waals surface area contributed by atoms with Crippen LogP contribution in [0.4, 0.5) is 17.6 Å². The van der Waals surface area contributed by atoms with E-state index in [4.69, 9.17) is 0 Å². The normalized spacial score (nSPS) is 11.8. The third-order valence-corrected chi connectivity index (χ3v) is 6.34. The first-order valence-corrected chi connectivity index (χ1v) is 11.8. The Bertz CT molecular complexity index is 1240. The number of benzene rings is 4. The number of rotatable bonds is 8. The van der Waals surface area contributed by atoms with E-state index in [1.807, 2.05) is 18.2 Å². The molecular formula is C30H28F4. The van der Waals surface area contributed by atoms with Crippen LogP contribution in [0.2, 0.25) is 0 Å². The summed E-state index contributed by atoms with van der Waals surface area (Å²) in [5.74, 6) is -0.414. The number of unbranched alkanes of at least 4 members (excludes halogenated alkanes) is 2. The second kappa shape index (κ2) is 10.4. The molecule has 0 unspecified atom stereocenters. The Labute approximate surface area is 198 Å². The second-order valence-corrected chi connectivity index (χ2v) is 8.83. The maximum absolute atomic E-state index is 15.2. The fourth-order valence-electron chi connectivity index (χ4n) is 4.30. The molecule has 0 radical (unpaired) electrons. The Hall–Kier alpha value is -3.14. The quantitative estimate of drug-likeness (QED) is 0.180. The summed E-state index contributed by atoms with van der Waals surface area (Å²) in [6, 6.07) is 22.6. The molecule has 4 aromatic carbocycles. The van der Waals surface area contributed by atoms with Crippen molar-refractivity contribution >= 4 is 10.8 Å². The van der Waals surface area contributed by atoms with Crippen molar-refractivity contribution in [3.8, 4) is 11.1 Å². The summed E-state index contributed by atoms with van der Waals surface area (Å²) in [6.07, 6.45) is 2.19. The van der Waals surface area contributed by atoms with Gasteiger partial charge in [0.1, 0.15) is 5.82 Å². The van der Waals surface area contributed by atoms with Gasteiger partial charge in [0.15, 0.2) is 0 Å². The monoisotopic (exact) mass is 464 g/mol. The van der Waals surface area contributed by atoms with E-state index in [0.717, 1.165) is 42.3 Å². The van der Waals surface area contributed by atoms with Crippen molar-refractivity contribution in [3.63, 3.8) is 0 Å². The highest BCUT2D eigenvalue weighted by atomic mass is 19.4. The van der Waals surface area contributed by atoms with Crippen molar-refractivity contribution in [2.45, 2.75) is 51.6 Å². The summed E-state index contributed by atoms with van der Waals surface area (Å²) in [5, 5.41) is 1.26. The average Bonchev–Trinajstić information content (AvgIpc) is 2.83. The highest BCUT2D eigenvalue weighted by Crippen LogP contribution is 2.33. The molecule has 0 nitrogen and oxygen atoms in total. The van der Waals surface area contributed by atoms with Crippen molar-refractivity contribution in [2.75, 3.05) is 0 Å². The van der Waals surface area contributed by atoms with Gasteiger partial charge in [-0.05, 0) is 65.5 Å². The van der Waals surface area contributed by atoms with Crippen molar-refractivity contribution in [2.24, 2.45) is 0 Å². The van der Waals surface area contributed by atoms with Gasteiger partial charge in [-0.1, -0.05) is 86.5 Å². The first kappa shape index (κ1) is 24.0.